The fourth-order valence-corrected chi connectivity index (χ4v) is 1.57. The number of carbonyl (C=O) groups excluding carboxylic acids is 1. The van der Waals surface area contributed by atoms with Gasteiger partial charge in [0.25, 0.3) is 5.91 Å². The standard InChI is InChI=1S/C12H11ClN2O2/c1-9(12(16)15-6-5-14-8-15)17-11-4-2-3-10(13)7-11/h2-9H,1H3. The van der Waals surface area contributed by atoms with Crippen LogP contribution in [0.4, 0.5) is 0 Å². The zero-order valence-corrected chi connectivity index (χ0v) is 9.96. The summed E-state index contributed by atoms with van der Waals surface area (Å²) in [6.45, 7) is 1.68. The Morgan fingerprint density at radius 3 is 3.00 bits per heavy atom. The first-order valence-corrected chi connectivity index (χ1v) is 5.49. The third kappa shape index (κ3) is 2.85. The summed E-state index contributed by atoms with van der Waals surface area (Å²) in [5, 5.41) is 0.574. The summed E-state index contributed by atoms with van der Waals surface area (Å²) < 4.78 is 6.88. The van der Waals surface area contributed by atoms with Crippen molar-refractivity contribution in [1.82, 2.24) is 9.55 Å². The number of benzene rings is 1. The van der Waals surface area contributed by atoms with E-state index in [0.29, 0.717) is 10.8 Å². The van der Waals surface area contributed by atoms with E-state index in [-0.39, 0.29) is 5.91 Å². The molecular formula is C12H11ClN2O2. The fraction of sp³-hybridized carbons (Fsp3) is 0.167. The highest BCUT2D eigenvalue weighted by molar-refractivity contribution is 6.30. The van der Waals surface area contributed by atoms with E-state index in [2.05, 4.69) is 4.98 Å². The molecule has 0 bridgehead atoms. The van der Waals surface area contributed by atoms with Gasteiger partial charge < -0.3 is 4.74 Å². The van der Waals surface area contributed by atoms with E-state index in [9.17, 15) is 4.79 Å². The SMILES string of the molecule is CC(Oc1cccc(Cl)c1)C(=O)n1ccnc1. The van der Waals surface area contributed by atoms with Crippen molar-refractivity contribution in [2.75, 3.05) is 0 Å². The Balaban J connectivity index is 2.07. The summed E-state index contributed by atoms with van der Waals surface area (Å²) in [5.74, 6) is 0.390. The van der Waals surface area contributed by atoms with E-state index >= 15 is 0 Å². The number of ether oxygens (including phenoxy) is 1. The maximum Gasteiger partial charge on any atom is 0.272 e. The molecule has 1 aromatic heterocycles. The minimum Gasteiger partial charge on any atom is -0.481 e. The third-order valence-electron chi connectivity index (χ3n) is 2.22. The van der Waals surface area contributed by atoms with Crippen LogP contribution in [-0.4, -0.2) is 21.6 Å². The van der Waals surface area contributed by atoms with Gasteiger partial charge in [0.1, 0.15) is 12.1 Å². The number of aromatic nitrogens is 2. The lowest BCUT2D eigenvalue weighted by molar-refractivity contribution is 0.0727. The smallest absolute Gasteiger partial charge is 0.272 e. The van der Waals surface area contributed by atoms with Crippen molar-refractivity contribution >= 4 is 17.5 Å². The van der Waals surface area contributed by atoms with Crippen LogP contribution in [0.25, 0.3) is 0 Å². The van der Waals surface area contributed by atoms with E-state index < -0.39 is 6.10 Å². The summed E-state index contributed by atoms with van der Waals surface area (Å²) in [7, 11) is 0. The zero-order valence-electron chi connectivity index (χ0n) is 9.21. The highest BCUT2D eigenvalue weighted by atomic mass is 35.5. The Morgan fingerprint density at radius 1 is 1.53 bits per heavy atom. The van der Waals surface area contributed by atoms with Crippen LogP contribution in [0.5, 0.6) is 5.75 Å². The van der Waals surface area contributed by atoms with Crippen LogP contribution in [0.15, 0.2) is 43.0 Å². The molecule has 17 heavy (non-hydrogen) atoms. The molecule has 0 amide bonds. The van der Waals surface area contributed by atoms with Crippen LogP contribution < -0.4 is 4.74 Å². The highest BCUT2D eigenvalue weighted by Crippen LogP contribution is 2.18. The van der Waals surface area contributed by atoms with E-state index in [1.54, 1.807) is 43.6 Å². The van der Waals surface area contributed by atoms with Gasteiger partial charge in [0.2, 0.25) is 0 Å². The molecule has 2 aromatic rings. The second-order valence-corrected chi connectivity index (χ2v) is 3.96. The summed E-state index contributed by atoms with van der Waals surface area (Å²) >= 11 is 5.83. The van der Waals surface area contributed by atoms with Gasteiger partial charge in [-0.2, -0.15) is 0 Å². The van der Waals surface area contributed by atoms with Gasteiger partial charge in [-0.25, -0.2) is 4.98 Å². The van der Waals surface area contributed by atoms with E-state index in [1.807, 2.05) is 0 Å². The second kappa shape index (κ2) is 5.01. The molecule has 1 unspecified atom stereocenters. The Bertz CT molecular complexity index is 511. The predicted molar refractivity (Wildman–Crippen MR) is 64.4 cm³/mol. The molecule has 0 saturated heterocycles. The molecule has 0 spiro atoms. The number of nitrogens with zero attached hydrogens (tertiary/aromatic N) is 2. The van der Waals surface area contributed by atoms with Crippen molar-refractivity contribution in [3.05, 3.63) is 48.0 Å². The summed E-state index contributed by atoms with van der Waals surface area (Å²) in [6, 6.07) is 6.94. The van der Waals surface area contributed by atoms with Gasteiger partial charge in [0, 0.05) is 17.4 Å². The predicted octanol–water partition coefficient (Wildman–Crippen LogP) is 2.64. The summed E-state index contributed by atoms with van der Waals surface area (Å²) in [6.07, 6.45) is 3.98. The second-order valence-electron chi connectivity index (χ2n) is 3.53. The van der Waals surface area contributed by atoms with E-state index in [0.717, 1.165) is 0 Å². The van der Waals surface area contributed by atoms with Crippen molar-refractivity contribution in [3.8, 4) is 5.75 Å². The van der Waals surface area contributed by atoms with Gasteiger partial charge in [-0.15, -0.1) is 0 Å². The van der Waals surface area contributed by atoms with Gasteiger partial charge >= 0.3 is 0 Å². The van der Waals surface area contributed by atoms with Crippen LogP contribution >= 0.6 is 11.6 Å². The average Bonchev–Trinajstić information content (AvgIpc) is 2.81. The first-order chi connectivity index (χ1) is 8.16. The van der Waals surface area contributed by atoms with Crippen molar-refractivity contribution in [2.45, 2.75) is 13.0 Å². The maximum atomic E-state index is 11.9. The number of halogens is 1. The summed E-state index contributed by atoms with van der Waals surface area (Å²) in [4.78, 5) is 15.7. The molecule has 0 N–H and O–H groups in total. The van der Waals surface area contributed by atoms with Crippen LogP contribution in [0.3, 0.4) is 0 Å². The Hall–Kier alpha value is -1.81. The molecule has 0 aliphatic rings. The molecule has 0 radical (unpaired) electrons. The van der Waals surface area contributed by atoms with Gasteiger partial charge in [-0.3, -0.25) is 9.36 Å². The topological polar surface area (TPSA) is 44.1 Å². The summed E-state index contributed by atoms with van der Waals surface area (Å²) in [5.41, 5.74) is 0. The molecule has 0 fully saturated rings. The molecule has 1 heterocycles. The fourth-order valence-electron chi connectivity index (χ4n) is 1.39. The van der Waals surface area contributed by atoms with Gasteiger partial charge in [0.05, 0.1) is 0 Å². The molecule has 4 nitrogen and oxygen atoms in total. The molecule has 2 rings (SSSR count). The minimum atomic E-state index is -0.595. The Morgan fingerprint density at radius 2 is 2.35 bits per heavy atom. The molecular weight excluding hydrogens is 240 g/mol. The first kappa shape index (κ1) is 11.7. The monoisotopic (exact) mass is 250 g/mol. The third-order valence-corrected chi connectivity index (χ3v) is 2.45. The van der Waals surface area contributed by atoms with Crippen molar-refractivity contribution in [1.29, 1.82) is 0 Å². The zero-order chi connectivity index (χ0) is 12.3. The molecule has 1 atom stereocenters. The van der Waals surface area contributed by atoms with E-state index in [4.69, 9.17) is 16.3 Å². The van der Waals surface area contributed by atoms with Crippen molar-refractivity contribution in [3.63, 3.8) is 0 Å². The van der Waals surface area contributed by atoms with Crippen molar-refractivity contribution < 1.29 is 9.53 Å². The molecule has 0 saturated carbocycles. The largest absolute Gasteiger partial charge is 0.481 e. The van der Waals surface area contributed by atoms with Crippen molar-refractivity contribution in [2.24, 2.45) is 0 Å². The lowest BCUT2D eigenvalue weighted by Gasteiger charge is -2.13. The lowest BCUT2D eigenvalue weighted by Crippen LogP contribution is -2.28. The molecule has 0 aliphatic carbocycles. The molecule has 88 valence electrons. The first-order valence-electron chi connectivity index (χ1n) is 5.11. The van der Waals surface area contributed by atoms with Gasteiger partial charge in [-0.05, 0) is 25.1 Å². The van der Waals surface area contributed by atoms with Gasteiger partial charge in [-0.1, -0.05) is 17.7 Å². The normalized spacial score (nSPS) is 12.1. The molecule has 1 aromatic carbocycles. The van der Waals surface area contributed by atoms with Crippen LogP contribution in [0, 0.1) is 0 Å². The Kier molecular flexibility index (Phi) is 3.44. The number of imidazole rings is 1. The Labute approximate surface area is 104 Å². The minimum absolute atomic E-state index is 0.178. The number of carbonyl (C=O) groups is 1. The van der Waals surface area contributed by atoms with Crippen LogP contribution in [0.1, 0.15) is 11.7 Å². The molecule has 5 heteroatoms. The van der Waals surface area contributed by atoms with E-state index in [1.165, 1.54) is 10.9 Å². The molecule has 0 aliphatic heterocycles. The quantitative estimate of drug-likeness (QED) is 0.841. The number of rotatable bonds is 3. The van der Waals surface area contributed by atoms with Crippen LogP contribution in [-0.2, 0) is 0 Å². The maximum absolute atomic E-state index is 11.9. The lowest BCUT2D eigenvalue weighted by atomic mass is 10.3. The van der Waals surface area contributed by atoms with Crippen LogP contribution in [0.2, 0.25) is 5.02 Å². The number of hydrogen-bond donors (Lipinski definition) is 0. The highest BCUT2D eigenvalue weighted by Gasteiger charge is 2.16. The van der Waals surface area contributed by atoms with Gasteiger partial charge in [0.15, 0.2) is 6.10 Å². The number of hydrogen-bond acceptors (Lipinski definition) is 3. The average molecular weight is 251 g/mol.